The Morgan fingerprint density at radius 3 is 2.18 bits per heavy atom. The average molecular weight is 240 g/mol. The van der Waals surface area contributed by atoms with Crippen LogP contribution in [-0.4, -0.2) is 35.6 Å². The van der Waals surface area contributed by atoms with Gasteiger partial charge in [-0.25, -0.2) is 0 Å². The van der Waals surface area contributed by atoms with E-state index in [2.05, 4.69) is 58.7 Å². The minimum Gasteiger partial charge on any atom is -0.311 e. The van der Waals surface area contributed by atoms with Gasteiger partial charge in [0.2, 0.25) is 0 Å². The van der Waals surface area contributed by atoms with Crippen molar-refractivity contribution in [2.24, 2.45) is 11.8 Å². The topological polar surface area (TPSA) is 15.3 Å². The molecule has 2 heteroatoms. The van der Waals surface area contributed by atoms with Gasteiger partial charge in [-0.15, -0.1) is 0 Å². The minimum absolute atomic E-state index is 0.324. The van der Waals surface area contributed by atoms with E-state index in [1.54, 1.807) is 0 Å². The molecule has 0 spiro atoms. The van der Waals surface area contributed by atoms with Gasteiger partial charge >= 0.3 is 0 Å². The van der Waals surface area contributed by atoms with E-state index in [1.165, 1.54) is 13.0 Å². The molecule has 0 amide bonds. The third kappa shape index (κ3) is 3.45. The summed E-state index contributed by atoms with van der Waals surface area (Å²) in [6.45, 7) is 18.8. The smallest absolute Gasteiger partial charge is 0.0249 e. The molecular weight excluding hydrogens is 208 g/mol. The van der Waals surface area contributed by atoms with E-state index in [9.17, 15) is 0 Å². The Morgan fingerprint density at radius 1 is 1.18 bits per heavy atom. The van der Waals surface area contributed by atoms with Gasteiger partial charge in [0, 0.05) is 30.7 Å². The monoisotopic (exact) mass is 240 g/mol. The van der Waals surface area contributed by atoms with E-state index >= 15 is 0 Å². The van der Waals surface area contributed by atoms with Crippen LogP contribution in [0.25, 0.3) is 0 Å². The summed E-state index contributed by atoms with van der Waals surface area (Å²) in [6.07, 6.45) is 1.22. The van der Waals surface area contributed by atoms with Crippen molar-refractivity contribution >= 4 is 0 Å². The molecule has 0 aliphatic carbocycles. The second-order valence-electron chi connectivity index (χ2n) is 6.89. The molecule has 0 radical (unpaired) electrons. The Labute approximate surface area is 108 Å². The lowest BCUT2D eigenvalue weighted by Crippen LogP contribution is -2.65. The predicted molar refractivity (Wildman–Crippen MR) is 76.3 cm³/mol. The van der Waals surface area contributed by atoms with Gasteiger partial charge in [0.05, 0.1) is 0 Å². The van der Waals surface area contributed by atoms with Crippen LogP contribution in [0.2, 0.25) is 0 Å². The SMILES string of the molecule is CCC(C)(C)N1CC(C(C)C)NCC1C(C)C. The molecule has 1 heterocycles. The van der Waals surface area contributed by atoms with E-state index in [4.69, 9.17) is 0 Å². The lowest BCUT2D eigenvalue weighted by atomic mass is 9.87. The fraction of sp³-hybridized carbons (Fsp3) is 1.00. The van der Waals surface area contributed by atoms with Crippen LogP contribution < -0.4 is 5.32 Å². The van der Waals surface area contributed by atoms with E-state index in [0.29, 0.717) is 17.6 Å². The zero-order valence-electron chi connectivity index (χ0n) is 12.9. The summed E-state index contributed by atoms with van der Waals surface area (Å²) in [6, 6.07) is 1.33. The molecule has 1 rings (SSSR count). The summed E-state index contributed by atoms with van der Waals surface area (Å²) in [5.74, 6) is 1.44. The van der Waals surface area contributed by atoms with Gasteiger partial charge in [-0.2, -0.15) is 0 Å². The van der Waals surface area contributed by atoms with Crippen molar-refractivity contribution in [1.82, 2.24) is 10.2 Å². The highest BCUT2D eigenvalue weighted by Crippen LogP contribution is 2.28. The molecule has 1 fully saturated rings. The molecule has 0 bridgehead atoms. The quantitative estimate of drug-likeness (QED) is 0.812. The van der Waals surface area contributed by atoms with Crippen LogP contribution >= 0.6 is 0 Å². The molecule has 0 aromatic carbocycles. The van der Waals surface area contributed by atoms with E-state index in [0.717, 1.165) is 18.4 Å². The maximum atomic E-state index is 3.73. The second-order valence-corrected chi connectivity index (χ2v) is 6.89. The zero-order chi connectivity index (χ0) is 13.2. The first-order valence-electron chi connectivity index (χ1n) is 7.29. The van der Waals surface area contributed by atoms with Crippen molar-refractivity contribution in [3.05, 3.63) is 0 Å². The van der Waals surface area contributed by atoms with Crippen molar-refractivity contribution in [3.63, 3.8) is 0 Å². The molecule has 1 saturated heterocycles. The summed E-state index contributed by atoms with van der Waals surface area (Å²) in [5, 5.41) is 3.73. The van der Waals surface area contributed by atoms with Crippen molar-refractivity contribution < 1.29 is 0 Å². The summed E-state index contributed by atoms with van der Waals surface area (Å²) in [4.78, 5) is 2.75. The lowest BCUT2D eigenvalue weighted by molar-refractivity contribution is 0.000637. The maximum absolute atomic E-state index is 3.73. The first kappa shape index (κ1) is 15.0. The molecular formula is C15H32N2. The minimum atomic E-state index is 0.324. The fourth-order valence-corrected chi connectivity index (χ4v) is 2.74. The molecule has 1 N–H and O–H groups in total. The normalized spacial score (nSPS) is 28.1. The predicted octanol–water partition coefficient (Wildman–Crippen LogP) is 3.13. The van der Waals surface area contributed by atoms with Crippen molar-refractivity contribution in [2.45, 2.75) is 72.5 Å². The Kier molecular flexibility index (Phi) is 5.03. The first-order chi connectivity index (χ1) is 7.79. The number of nitrogens with zero attached hydrogens (tertiary/aromatic N) is 1. The van der Waals surface area contributed by atoms with E-state index in [-0.39, 0.29) is 0 Å². The van der Waals surface area contributed by atoms with Gasteiger partial charge in [0.1, 0.15) is 0 Å². The molecule has 17 heavy (non-hydrogen) atoms. The Bertz CT molecular complexity index is 233. The van der Waals surface area contributed by atoms with Crippen LogP contribution in [-0.2, 0) is 0 Å². The summed E-state index contributed by atoms with van der Waals surface area (Å²) >= 11 is 0. The van der Waals surface area contributed by atoms with Crippen LogP contribution in [0.1, 0.15) is 54.9 Å². The van der Waals surface area contributed by atoms with Gasteiger partial charge in [-0.3, -0.25) is 4.90 Å². The molecule has 1 aliphatic rings. The van der Waals surface area contributed by atoms with Crippen molar-refractivity contribution in [3.8, 4) is 0 Å². The number of piperazine rings is 1. The number of rotatable bonds is 4. The summed E-state index contributed by atoms with van der Waals surface area (Å²) < 4.78 is 0. The van der Waals surface area contributed by atoms with Crippen LogP contribution in [0.5, 0.6) is 0 Å². The highest BCUT2D eigenvalue weighted by molar-refractivity contribution is 4.95. The molecule has 2 unspecified atom stereocenters. The van der Waals surface area contributed by atoms with Crippen LogP contribution in [0, 0.1) is 11.8 Å². The molecule has 0 aromatic heterocycles. The molecule has 102 valence electrons. The van der Waals surface area contributed by atoms with E-state index in [1.807, 2.05) is 0 Å². The van der Waals surface area contributed by atoms with Gasteiger partial charge in [-0.05, 0) is 32.1 Å². The van der Waals surface area contributed by atoms with Gasteiger partial charge in [0.25, 0.3) is 0 Å². The fourth-order valence-electron chi connectivity index (χ4n) is 2.74. The van der Waals surface area contributed by atoms with Crippen molar-refractivity contribution in [1.29, 1.82) is 0 Å². The Balaban J connectivity index is 2.83. The van der Waals surface area contributed by atoms with Crippen LogP contribution in [0.3, 0.4) is 0 Å². The zero-order valence-corrected chi connectivity index (χ0v) is 12.9. The van der Waals surface area contributed by atoms with Crippen molar-refractivity contribution in [2.75, 3.05) is 13.1 Å². The van der Waals surface area contributed by atoms with Gasteiger partial charge in [0.15, 0.2) is 0 Å². The van der Waals surface area contributed by atoms with Crippen LogP contribution in [0.4, 0.5) is 0 Å². The van der Waals surface area contributed by atoms with E-state index < -0.39 is 0 Å². The molecule has 0 aromatic rings. The van der Waals surface area contributed by atoms with Gasteiger partial charge in [-0.1, -0.05) is 34.6 Å². The molecule has 0 saturated carbocycles. The number of hydrogen-bond acceptors (Lipinski definition) is 2. The molecule has 1 aliphatic heterocycles. The largest absolute Gasteiger partial charge is 0.311 e. The van der Waals surface area contributed by atoms with Gasteiger partial charge < -0.3 is 5.32 Å². The third-order valence-electron chi connectivity index (χ3n) is 4.60. The average Bonchev–Trinajstić information content (AvgIpc) is 2.28. The number of nitrogens with one attached hydrogen (secondary N) is 1. The molecule has 2 atom stereocenters. The maximum Gasteiger partial charge on any atom is 0.0249 e. The Hall–Kier alpha value is -0.0800. The van der Waals surface area contributed by atoms with Crippen LogP contribution in [0.15, 0.2) is 0 Å². The second kappa shape index (κ2) is 5.71. The summed E-state index contributed by atoms with van der Waals surface area (Å²) in [7, 11) is 0. The molecule has 2 nitrogen and oxygen atoms in total. The third-order valence-corrected chi connectivity index (χ3v) is 4.60. The highest BCUT2D eigenvalue weighted by atomic mass is 15.3. The first-order valence-corrected chi connectivity index (χ1v) is 7.29. The number of hydrogen-bond donors (Lipinski definition) is 1. The Morgan fingerprint density at radius 2 is 1.76 bits per heavy atom. The summed E-state index contributed by atoms with van der Waals surface area (Å²) in [5.41, 5.74) is 0.324. The lowest BCUT2D eigenvalue weighted by Gasteiger charge is -2.51. The highest BCUT2D eigenvalue weighted by Gasteiger charge is 2.38. The standard InChI is InChI=1S/C15H32N2/c1-8-15(6,7)17-10-13(11(2)3)16-9-14(17)12(4)5/h11-14,16H,8-10H2,1-7H3.